The number of allylic oxidation sites excluding steroid dienone is 4. The first kappa shape index (κ1) is 17.8. The van der Waals surface area contributed by atoms with Crippen LogP contribution in [0.3, 0.4) is 0 Å². The van der Waals surface area contributed by atoms with Gasteiger partial charge < -0.3 is 19.3 Å². The van der Waals surface area contributed by atoms with Crippen LogP contribution in [0.1, 0.15) is 0 Å². The third-order valence-corrected chi connectivity index (χ3v) is 4.19. The highest BCUT2D eigenvalue weighted by Gasteiger charge is 2.39. The Balaban J connectivity index is 1.82. The summed E-state index contributed by atoms with van der Waals surface area (Å²) in [4.78, 5) is 27.3. The molecule has 0 aromatic carbocycles. The molecule has 2 atom stereocenters. The van der Waals surface area contributed by atoms with Gasteiger partial charge in [0.1, 0.15) is 13.2 Å². The van der Waals surface area contributed by atoms with E-state index in [1.165, 1.54) is 24.3 Å². The molecule has 2 rings (SSSR count). The van der Waals surface area contributed by atoms with Gasteiger partial charge in [-0.2, -0.15) is 4.31 Å². The minimum atomic E-state index is -5.11. The number of rotatable bonds is 8. The first-order valence-electron chi connectivity index (χ1n) is 5.95. The smallest absolute Gasteiger partial charge is 0.459 e. The third-order valence-electron chi connectivity index (χ3n) is 2.01. The van der Waals surface area contributed by atoms with Gasteiger partial charge >= 0.3 is 27.5 Å². The molecule has 0 aromatic heterocycles. The summed E-state index contributed by atoms with van der Waals surface area (Å²) in [5.41, 5.74) is 0. The Morgan fingerprint density at radius 1 is 0.870 bits per heavy atom. The fourth-order valence-electron chi connectivity index (χ4n) is 1.19. The average Bonchev–Trinajstić information content (AvgIpc) is 2.52. The standard InChI is InChI=1S/C10H12O11P2/c11-22(12,19-17-9-5-1-3-7-15-9)21-23(13,14)20-18-10-6-2-4-8-16-10/h1-6H,7-8H2,(H,11,12)(H,13,14). The molecule has 0 aromatic rings. The van der Waals surface area contributed by atoms with Gasteiger partial charge in [0, 0.05) is 12.2 Å². The number of hydrogen-bond acceptors (Lipinski definition) is 9. The molecule has 11 nitrogen and oxygen atoms in total. The highest BCUT2D eigenvalue weighted by atomic mass is 31.3. The topological polar surface area (TPSA) is 139 Å². The quantitative estimate of drug-likeness (QED) is 0.368. The number of phosphoric acid groups is 2. The molecule has 0 fully saturated rings. The molecule has 13 heteroatoms. The van der Waals surface area contributed by atoms with Crippen LogP contribution in [0.5, 0.6) is 0 Å². The molecule has 0 spiro atoms. The Labute approximate surface area is 130 Å². The first-order valence-corrected chi connectivity index (χ1v) is 8.94. The van der Waals surface area contributed by atoms with Gasteiger partial charge in [-0.05, 0) is 12.2 Å². The Morgan fingerprint density at radius 3 is 1.65 bits per heavy atom. The van der Waals surface area contributed by atoms with E-state index in [4.69, 9.17) is 9.47 Å². The molecule has 2 aliphatic rings. The molecule has 0 aliphatic carbocycles. The maximum absolute atomic E-state index is 11.5. The normalized spacial score (nSPS) is 21.8. The van der Waals surface area contributed by atoms with E-state index in [2.05, 4.69) is 23.4 Å². The average molecular weight is 370 g/mol. The lowest BCUT2D eigenvalue weighted by atomic mass is 10.4. The van der Waals surface area contributed by atoms with Gasteiger partial charge in [-0.1, -0.05) is 21.5 Å². The van der Waals surface area contributed by atoms with E-state index in [1.54, 1.807) is 12.2 Å². The van der Waals surface area contributed by atoms with Crippen LogP contribution in [0.4, 0.5) is 0 Å². The van der Waals surface area contributed by atoms with Gasteiger partial charge in [0.2, 0.25) is 0 Å². The highest BCUT2D eigenvalue weighted by molar-refractivity contribution is 7.61. The van der Waals surface area contributed by atoms with E-state index in [-0.39, 0.29) is 25.1 Å². The Bertz CT molecular complexity index is 581. The van der Waals surface area contributed by atoms with Crippen molar-refractivity contribution in [1.29, 1.82) is 0 Å². The summed E-state index contributed by atoms with van der Waals surface area (Å²) >= 11 is 0. The second-order valence-corrected chi connectivity index (χ2v) is 6.61. The van der Waals surface area contributed by atoms with Gasteiger partial charge in [0.05, 0.1) is 0 Å². The first-order chi connectivity index (χ1) is 10.9. The predicted molar refractivity (Wildman–Crippen MR) is 71.4 cm³/mol. The molecule has 0 radical (unpaired) electrons. The van der Waals surface area contributed by atoms with E-state index in [0.717, 1.165) is 0 Å². The summed E-state index contributed by atoms with van der Waals surface area (Å²) in [7, 11) is -10.2. The zero-order chi connectivity index (χ0) is 16.8. The molecule has 128 valence electrons. The Hall–Kier alpha value is -1.58. The Morgan fingerprint density at radius 2 is 1.30 bits per heavy atom. The third kappa shape index (κ3) is 6.59. The van der Waals surface area contributed by atoms with Crippen molar-refractivity contribution < 1.29 is 51.8 Å². The van der Waals surface area contributed by atoms with Crippen LogP contribution < -0.4 is 0 Å². The number of ether oxygens (including phenoxy) is 2. The molecule has 2 heterocycles. The van der Waals surface area contributed by atoms with Crippen LogP contribution in [-0.4, -0.2) is 23.0 Å². The molecule has 0 bridgehead atoms. The molecule has 2 N–H and O–H groups in total. The molecular weight excluding hydrogens is 358 g/mol. The van der Waals surface area contributed by atoms with Gasteiger partial charge in [-0.3, -0.25) is 9.78 Å². The molecule has 2 aliphatic heterocycles. The lowest BCUT2D eigenvalue weighted by molar-refractivity contribution is -0.234. The van der Waals surface area contributed by atoms with Crippen molar-refractivity contribution in [2.24, 2.45) is 0 Å². The van der Waals surface area contributed by atoms with Crippen LogP contribution in [-0.2, 0) is 42.0 Å². The number of hydrogen-bond donors (Lipinski definition) is 2. The maximum atomic E-state index is 11.5. The van der Waals surface area contributed by atoms with Gasteiger partial charge in [0.25, 0.3) is 0 Å². The lowest BCUT2D eigenvalue weighted by Gasteiger charge is -2.16. The predicted octanol–water partition coefficient (Wildman–Crippen LogP) is 1.96. The van der Waals surface area contributed by atoms with Crippen molar-refractivity contribution in [3.63, 3.8) is 0 Å². The van der Waals surface area contributed by atoms with E-state index in [0.29, 0.717) is 0 Å². The van der Waals surface area contributed by atoms with Crippen molar-refractivity contribution in [2.75, 3.05) is 13.2 Å². The summed E-state index contributed by atoms with van der Waals surface area (Å²) < 4.78 is 44.7. The lowest BCUT2D eigenvalue weighted by Crippen LogP contribution is -2.04. The van der Waals surface area contributed by atoms with Gasteiger partial charge in [0.15, 0.2) is 0 Å². The highest BCUT2D eigenvalue weighted by Crippen LogP contribution is 2.61. The maximum Gasteiger partial charge on any atom is 0.517 e. The van der Waals surface area contributed by atoms with Gasteiger partial charge in [-0.25, -0.2) is 9.13 Å². The van der Waals surface area contributed by atoms with Crippen LogP contribution in [0, 0.1) is 0 Å². The van der Waals surface area contributed by atoms with Crippen molar-refractivity contribution in [1.82, 2.24) is 0 Å². The van der Waals surface area contributed by atoms with Crippen molar-refractivity contribution in [2.45, 2.75) is 0 Å². The molecule has 0 amide bonds. The van der Waals surface area contributed by atoms with E-state index < -0.39 is 15.6 Å². The summed E-state index contributed by atoms with van der Waals surface area (Å²) in [5.74, 6) is -0.495. The van der Waals surface area contributed by atoms with Crippen molar-refractivity contribution in [3.05, 3.63) is 48.3 Å². The fourth-order valence-corrected chi connectivity index (χ4v) is 2.79. The molecule has 23 heavy (non-hydrogen) atoms. The van der Waals surface area contributed by atoms with Crippen LogP contribution >= 0.6 is 15.6 Å². The minimum absolute atomic E-state index is 0.158. The van der Waals surface area contributed by atoms with E-state index in [1.807, 2.05) is 0 Å². The summed E-state index contributed by atoms with van der Waals surface area (Å²) in [6.07, 6.45) is 8.89. The van der Waals surface area contributed by atoms with Crippen LogP contribution in [0.25, 0.3) is 0 Å². The largest absolute Gasteiger partial charge is 0.517 e. The van der Waals surface area contributed by atoms with Crippen molar-refractivity contribution >= 4 is 15.6 Å². The van der Waals surface area contributed by atoms with Crippen LogP contribution in [0.2, 0.25) is 0 Å². The second kappa shape index (κ2) is 7.80. The van der Waals surface area contributed by atoms with Crippen molar-refractivity contribution in [3.8, 4) is 0 Å². The minimum Gasteiger partial charge on any atom is -0.459 e. The molecule has 0 saturated carbocycles. The van der Waals surface area contributed by atoms with Gasteiger partial charge in [-0.15, -0.1) is 0 Å². The molecule has 0 saturated heterocycles. The SMILES string of the molecule is O=P(O)(OOC1=CC=CCO1)OP(=O)(O)OOC1=CC=CCO1. The molecular formula is C10H12O11P2. The van der Waals surface area contributed by atoms with Crippen LogP contribution in [0.15, 0.2) is 48.3 Å². The Kier molecular flexibility index (Phi) is 6.03. The zero-order valence-electron chi connectivity index (χ0n) is 11.3. The zero-order valence-corrected chi connectivity index (χ0v) is 13.1. The second-order valence-electron chi connectivity index (χ2n) is 3.78. The summed E-state index contributed by atoms with van der Waals surface area (Å²) in [6, 6.07) is 0. The van der Waals surface area contributed by atoms with E-state index >= 15 is 0 Å². The fraction of sp³-hybridized carbons (Fsp3) is 0.200. The summed E-state index contributed by atoms with van der Waals surface area (Å²) in [5, 5.41) is 0. The van der Waals surface area contributed by atoms with E-state index in [9.17, 15) is 18.9 Å². The molecule has 2 unspecified atom stereocenters. The monoisotopic (exact) mass is 370 g/mol. The summed E-state index contributed by atoms with van der Waals surface area (Å²) in [6.45, 7) is 0.315.